The maximum absolute atomic E-state index is 9.00. The molecule has 0 bridgehead atoms. The average molecular weight is 156 g/mol. The zero-order chi connectivity index (χ0) is 9.11. The highest BCUT2D eigenvalue weighted by molar-refractivity contribution is 5.62. The van der Waals surface area contributed by atoms with Crippen molar-refractivity contribution in [2.75, 3.05) is 0 Å². The molecule has 0 fully saturated rings. The van der Waals surface area contributed by atoms with Crippen molar-refractivity contribution in [2.24, 2.45) is 0 Å². The largest absolute Gasteiger partial charge is 0.481 e. The third-order valence-electron chi connectivity index (χ3n) is 0.925. The second kappa shape index (κ2) is 11.8. The van der Waals surface area contributed by atoms with Gasteiger partial charge in [-0.2, -0.15) is 0 Å². The molecule has 0 aliphatic carbocycles. The van der Waals surface area contributed by atoms with E-state index in [2.05, 4.69) is 12.8 Å². The highest BCUT2D eigenvalue weighted by Gasteiger charge is 1.77. The third-order valence-corrected chi connectivity index (χ3v) is 0.925. The van der Waals surface area contributed by atoms with E-state index in [1.165, 1.54) is 19.3 Å². The van der Waals surface area contributed by atoms with Crippen LogP contribution >= 0.6 is 0 Å². The predicted molar refractivity (Wildman–Crippen MR) is 46.3 cm³/mol. The molecular formula is C9H16O2. The quantitative estimate of drug-likeness (QED) is 0.503. The summed E-state index contributed by atoms with van der Waals surface area (Å²) in [5.41, 5.74) is 0. The first-order valence-electron chi connectivity index (χ1n) is 3.78. The molecule has 0 unspecified atom stereocenters. The summed E-state index contributed by atoms with van der Waals surface area (Å²) >= 11 is 0. The number of hydrogen-bond donors (Lipinski definition) is 1. The summed E-state index contributed by atoms with van der Waals surface area (Å²) in [6, 6.07) is 0. The normalized spacial score (nSPS) is 7.36. The molecule has 0 saturated carbocycles. The van der Waals surface area contributed by atoms with Gasteiger partial charge in [0.1, 0.15) is 0 Å². The smallest absolute Gasteiger partial charge is 0.300 e. The van der Waals surface area contributed by atoms with Gasteiger partial charge in [0.25, 0.3) is 5.97 Å². The van der Waals surface area contributed by atoms with Crippen LogP contribution in [0.3, 0.4) is 0 Å². The molecule has 2 heteroatoms. The van der Waals surface area contributed by atoms with Crippen molar-refractivity contribution in [2.45, 2.75) is 39.5 Å². The van der Waals surface area contributed by atoms with Crippen LogP contribution in [0.25, 0.3) is 0 Å². The van der Waals surface area contributed by atoms with Crippen LogP contribution in [0.15, 0.2) is 0 Å². The Morgan fingerprint density at radius 2 is 2.00 bits per heavy atom. The number of unbranched alkanes of at least 4 members (excludes halogenated alkanes) is 3. The zero-order valence-corrected chi connectivity index (χ0v) is 7.26. The highest BCUT2D eigenvalue weighted by atomic mass is 16.4. The van der Waals surface area contributed by atoms with Crippen molar-refractivity contribution in [3.63, 3.8) is 0 Å². The van der Waals surface area contributed by atoms with Crippen molar-refractivity contribution in [3.8, 4) is 12.3 Å². The second-order valence-corrected chi connectivity index (χ2v) is 2.18. The van der Waals surface area contributed by atoms with E-state index in [0.717, 1.165) is 13.3 Å². The molecule has 0 saturated heterocycles. The summed E-state index contributed by atoms with van der Waals surface area (Å²) in [5.74, 6) is 1.77. The Bertz CT molecular complexity index is 118. The number of rotatable bonds is 3. The molecule has 0 spiro atoms. The van der Waals surface area contributed by atoms with Gasteiger partial charge in [-0.05, 0) is 6.42 Å². The SMILES string of the molecule is C#CCCCCC.CC(=O)O. The molecule has 11 heavy (non-hydrogen) atoms. The Kier molecular flexibility index (Phi) is 13.6. The van der Waals surface area contributed by atoms with Gasteiger partial charge in [0.05, 0.1) is 0 Å². The van der Waals surface area contributed by atoms with E-state index in [-0.39, 0.29) is 0 Å². The Balaban J connectivity index is 0. The molecule has 0 aromatic rings. The van der Waals surface area contributed by atoms with E-state index in [1.807, 2.05) is 0 Å². The first-order valence-corrected chi connectivity index (χ1v) is 3.78. The van der Waals surface area contributed by atoms with E-state index in [1.54, 1.807) is 0 Å². The van der Waals surface area contributed by atoms with E-state index in [0.29, 0.717) is 0 Å². The summed E-state index contributed by atoms with van der Waals surface area (Å²) in [6.07, 6.45) is 9.72. The topological polar surface area (TPSA) is 37.3 Å². The molecule has 0 rings (SSSR count). The highest BCUT2D eigenvalue weighted by Crippen LogP contribution is 1.95. The van der Waals surface area contributed by atoms with Crippen LogP contribution in [-0.4, -0.2) is 11.1 Å². The van der Waals surface area contributed by atoms with E-state index < -0.39 is 5.97 Å². The Hall–Kier alpha value is -0.970. The van der Waals surface area contributed by atoms with Crippen LogP contribution in [0.5, 0.6) is 0 Å². The minimum Gasteiger partial charge on any atom is -0.481 e. The van der Waals surface area contributed by atoms with Gasteiger partial charge < -0.3 is 5.11 Å². The summed E-state index contributed by atoms with van der Waals surface area (Å²) in [7, 11) is 0. The van der Waals surface area contributed by atoms with E-state index in [9.17, 15) is 0 Å². The Labute approximate surface area is 68.6 Å². The first-order chi connectivity index (χ1) is 5.15. The number of hydrogen-bond acceptors (Lipinski definition) is 1. The molecule has 2 nitrogen and oxygen atoms in total. The minimum atomic E-state index is -0.833. The molecule has 64 valence electrons. The predicted octanol–water partition coefficient (Wildman–Crippen LogP) is 2.29. The third kappa shape index (κ3) is 48.6. The van der Waals surface area contributed by atoms with Gasteiger partial charge in [0.15, 0.2) is 0 Å². The molecule has 0 atom stereocenters. The van der Waals surface area contributed by atoms with Crippen molar-refractivity contribution in [1.29, 1.82) is 0 Å². The lowest BCUT2D eigenvalue weighted by Gasteiger charge is -1.86. The Morgan fingerprint density at radius 1 is 1.55 bits per heavy atom. The van der Waals surface area contributed by atoms with Crippen LogP contribution in [0.2, 0.25) is 0 Å². The van der Waals surface area contributed by atoms with Crippen LogP contribution in [0.1, 0.15) is 39.5 Å². The van der Waals surface area contributed by atoms with Gasteiger partial charge in [-0.25, -0.2) is 0 Å². The fourth-order valence-corrected chi connectivity index (χ4v) is 0.477. The van der Waals surface area contributed by atoms with Gasteiger partial charge in [-0.1, -0.05) is 19.8 Å². The maximum Gasteiger partial charge on any atom is 0.300 e. The van der Waals surface area contributed by atoms with Gasteiger partial charge in [-0.3, -0.25) is 4.79 Å². The summed E-state index contributed by atoms with van der Waals surface area (Å²) in [6.45, 7) is 3.26. The van der Waals surface area contributed by atoms with Gasteiger partial charge in [0.2, 0.25) is 0 Å². The molecule has 0 amide bonds. The van der Waals surface area contributed by atoms with Gasteiger partial charge in [-0.15, -0.1) is 12.3 Å². The van der Waals surface area contributed by atoms with Gasteiger partial charge in [0, 0.05) is 13.3 Å². The number of terminal acetylenes is 1. The lowest BCUT2D eigenvalue weighted by Crippen LogP contribution is -1.78. The summed E-state index contributed by atoms with van der Waals surface area (Å²) < 4.78 is 0. The van der Waals surface area contributed by atoms with E-state index in [4.69, 9.17) is 16.3 Å². The second-order valence-electron chi connectivity index (χ2n) is 2.18. The number of carboxylic acids is 1. The number of carbonyl (C=O) groups is 1. The summed E-state index contributed by atoms with van der Waals surface area (Å²) in [4.78, 5) is 9.00. The lowest BCUT2D eigenvalue weighted by atomic mass is 10.2. The fourth-order valence-electron chi connectivity index (χ4n) is 0.477. The van der Waals surface area contributed by atoms with E-state index >= 15 is 0 Å². The van der Waals surface area contributed by atoms with Crippen LogP contribution in [-0.2, 0) is 4.79 Å². The monoisotopic (exact) mass is 156 g/mol. The number of aliphatic carboxylic acids is 1. The average Bonchev–Trinajstić information content (AvgIpc) is 1.88. The molecule has 1 N–H and O–H groups in total. The first kappa shape index (κ1) is 12.7. The van der Waals surface area contributed by atoms with Crippen molar-refractivity contribution < 1.29 is 9.90 Å². The lowest BCUT2D eigenvalue weighted by molar-refractivity contribution is -0.134. The van der Waals surface area contributed by atoms with Crippen molar-refractivity contribution in [1.82, 2.24) is 0 Å². The maximum atomic E-state index is 9.00. The molecule has 0 aromatic carbocycles. The van der Waals surface area contributed by atoms with Crippen LogP contribution in [0.4, 0.5) is 0 Å². The standard InChI is InChI=1S/C7H12.C2H4O2/c1-3-5-7-6-4-2;1-2(3)4/h1H,4-7H2,2H3;1H3,(H,3,4). The Morgan fingerprint density at radius 3 is 2.27 bits per heavy atom. The molecule has 0 aliphatic heterocycles. The number of carboxylic acid groups (broad SMARTS) is 1. The molecule has 0 aliphatic rings. The fraction of sp³-hybridized carbons (Fsp3) is 0.667. The van der Waals surface area contributed by atoms with Crippen LogP contribution < -0.4 is 0 Å². The van der Waals surface area contributed by atoms with Gasteiger partial charge >= 0.3 is 0 Å². The minimum absolute atomic E-state index is 0.833. The van der Waals surface area contributed by atoms with Crippen molar-refractivity contribution >= 4 is 5.97 Å². The van der Waals surface area contributed by atoms with Crippen molar-refractivity contribution in [3.05, 3.63) is 0 Å². The zero-order valence-electron chi connectivity index (χ0n) is 7.26. The molecular weight excluding hydrogens is 140 g/mol. The summed E-state index contributed by atoms with van der Waals surface area (Å²) in [5, 5.41) is 7.42. The molecule has 0 heterocycles. The molecule has 0 radical (unpaired) electrons. The molecule has 0 aromatic heterocycles. The van der Waals surface area contributed by atoms with Crippen LogP contribution in [0, 0.1) is 12.3 Å².